The summed E-state index contributed by atoms with van der Waals surface area (Å²) < 4.78 is 11.9. The van der Waals surface area contributed by atoms with E-state index >= 15 is 0 Å². The molecule has 0 aromatic heterocycles. The van der Waals surface area contributed by atoms with E-state index in [0.717, 1.165) is 44.5 Å². The number of amides is 1. The molecule has 7 heteroatoms. The summed E-state index contributed by atoms with van der Waals surface area (Å²) in [4.78, 5) is 41.1. The van der Waals surface area contributed by atoms with Crippen molar-refractivity contribution in [1.82, 2.24) is 9.80 Å². The van der Waals surface area contributed by atoms with Crippen molar-refractivity contribution >= 4 is 17.7 Å². The number of likely N-dealkylation sites (N-methyl/N-ethyl adjacent to an activating group) is 1. The molecule has 0 saturated carbocycles. The third kappa shape index (κ3) is 8.85. The van der Waals surface area contributed by atoms with Crippen LogP contribution < -0.4 is 0 Å². The van der Waals surface area contributed by atoms with Gasteiger partial charge in [0.2, 0.25) is 0 Å². The van der Waals surface area contributed by atoms with Gasteiger partial charge in [-0.2, -0.15) is 0 Å². The molecule has 1 aliphatic heterocycles. The number of ketones is 1. The normalized spacial score (nSPS) is 14.4. The second-order valence-corrected chi connectivity index (χ2v) is 12.0. The van der Waals surface area contributed by atoms with Crippen LogP contribution in [0, 0.1) is 0 Å². The highest BCUT2D eigenvalue weighted by Crippen LogP contribution is 2.30. The van der Waals surface area contributed by atoms with Gasteiger partial charge in [-0.05, 0) is 56.3 Å². The van der Waals surface area contributed by atoms with E-state index < -0.39 is 11.4 Å². The van der Waals surface area contributed by atoms with Crippen molar-refractivity contribution in [2.75, 3.05) is 40.3 Å². The van der Waals surface area contributed by atoms with Gasteiger partial charge in [0.15, 0.2) is 12.4 Å². The molecule has 228 valence electrons. The maximum absolute atomic E-state index is 12.9. The van der Waals surface area contributed by atoms with Crippen molar-refractivity contribution in [3.05, 3.63) is 107 Å². The number of carbonyl (C=O) groups excluding carboxylic acids is 3. The molecular formula is C36H44N2O5. The second-order valence-electron chi connectivity index (χ2n) is 12.0. The van der Waals surface area contributed by atoms with Gasteiger partial charge in [0.1, 0.15) is 6.10 Å². The summed E-state index contributed by atoms with van der Waals surface area (Å²) in [7, 11) is 3.23. The molecule has 1 saturated heterocycles. The molecule has 0 radical (unpaired) electrons. The van der Waals surface area contributed by atoms with Crippen molar-refractivity contribution in [2.45, 2.75) is 57.2 Å². The molecule has 3 aromatic carbocycles. The highest BCUT2D eigenvalue weighted by Gasteiger charge is 2.32. The molecule has 0 N–H and O–H groups in total. The molecule has 1 heterocycles. The highest BCUT2D eigenvalue weighted by molar-refractivity contribution is 5.96. The Kier molecular flexibility index (Phi) is 11.3. The predicted molar refractivity (Wildman–Crippen MR) is 168 cm³/mol. The summed E-state index contributed by atoms with van der Waals surface area (Å²) in [6.45, 7) is 6.00. The van der Waals surface area contributed by atoms with Gasteiger partial charge in [-0.1, -0.05) is 84.9 Å². The molecule has 4 rings (SSSR count). The minimum Gasteiger partial charge on any atom is -0.455 e. The predicted octanol–water partition coefficient (Wildman–Crippen LogP) is 5.83. The molecule has 43 heavy (non-hydrogen) atoms. The Bertz CT molecular complexity index is 1290. The summed E-state index contributed by atoms with van der Waals surface area (Å²) >= 11 is 0. The molecule has 3 aromatic rings. The second kappa shape index (κ2) is 15.1. The fourth-order valence-corrected chi connectivity index (χ4v) is 5.30. The standard InChI is InChI=1S/C36H44N2O5/c1-36(2,35(41)42-26-33(40)37(3)4)30-19-17-27(18-20-30)32(39)16-11-23-38-24-21-31(22-25-38)43-34(28-12-7-5-8-13-28)29-14-9-6-10-15-29/h5-10,12-15,17-20,31,34H,11,16,21-26H2,1-4H3. The molecule has 0 aliphatic carbocycles. The van der Waals surface area contributed by atoms with Gasteiger partial charge in [0, 0.05) is 39.2 Å². The zero-order valence-corrected chi connectivity index (χ0v) is 25.8. The lowest BCUT2D eigenvalue weighted by atomic mass is 9.84. The van der Waals surface area contributed by atoms with Crippen molar-refractivity contribution in [3.63, 3.8) is 0 Å². The minimum atomic E-state index is -0.938. The number of Topliss-reactive ketones (excluding diaryl/α,β-unsaturated/α-hetero) is 1. The van der Waals surface area contributed by atoms with Crippen molar-refractivity contribution in [3.8, 4) is 0 Å². The first-order chi connectivity index (χ1) is 20.6. The number of carbonyl (C=O) groups is 3. The van der Waals surface area contributed by atoms with Crippen LogP contribution in [0.15, 0.2) is 84.9 Å². The van der Waals surface area contributed by atoms with Crippen LogP contribution in [0.25, 0.3) is 0 Å². The highest BCUT2D eigenvalue weighted by atomic mass is 16.5. The first kappa shape index (κ1) is 32.1. The Hall–Kier alpha value is -3.81. The van der Waals surface area contributed by atoms with Crippen molar-refractivity contribution < 1.29 is 23.9 Å². The van der Waals surface area contributed by atoms with Crippen LogP contribution >= 0.6 is 0 Å². The van der Waals surface area contributed by atoms with Crippen LogP contribution in [0.2, 0.25) is 0 Å². The first-order valence-corrected chi connectivity index (χ1v) is 15.1. The maximum atomic E-state index is 12.9. The van der Waals surface area contributed by atoms with Crippen LogP contribution in [-0.4, -0.2) is 73.9 Å². The van der Waals surface area contributed by atoms with Gasteiger partial charge >= 0.3 is 5.97 Å². The molecule has 1 amide bonds. The Morgan fingerprint density at radius 1 is 0.860 bits per heavy atom. The third-order valence-electron chi connectivity index (χ3n) is 8.21. The Balaban J connectivity index is 1.22. The van der Waals surface area contributed by atoms with E-state index in [2.05, 4.69) is 53.4 Å². The first-order valence-electron chi connectivity index (χ1n) is 15.1. The van der Waals surface area contributed by atoms with E-state index in [9.17, 15) is 14.4 Å². The summed E-state index contributed by atoms with van der Waals surface area (Å²) in [6.07, 6.45) is 3.31. The molecular weight excluding hydrogens is 540 g/mol. The molecule has 0 spiro atoms. The van der Waals surface area contributed by atoms with Crippen LogP contribution in [0.5, 0.6) is 0 Å². The number of ether oxygens (including phenoxy) is 2. The van der Waals surface area contributed by atoms with Crippen molar-refractivity contribution in [1.29, 1.82) is 0 Å². The van der Waals surface area contributed by atoms with Crippen LogP contribution in [0.3, 0.4) is 0 Å². The zero-order chi connectivity index (χ0) is 30.8. The molecule has 7 nitrogen and oxygen atoms in total. The Morgan fingerprint density at radius 3 is 1.95 bits per heavy atom. The molecule has 0 unspecified atom stereocenters. The number of piperidine rings is 1. The number of esters is 1. The average molecular weight is 585 g/mol. The number of hydrogen-bond acceptors (Lipinski definition) is 6. The largest absolute Gasteiger partial charge is 0.455 e. The van der Waals surface area contributed by atoms with Crippen LogP contribution in [0.1, 0.15) is 72.7 Å². The van der Waals surface area contributed by atoms with Gasteiger partial charge in [0.25, 0.3) is 5.91 Å². The van der Waals surface area contributed by atoms with Gasteiger partial charge in [-0.3, -0.25) is 14.4 Å². The van der Waals surface area contributed by atoms with E-state index in [-0.39, 0.29) is 30.5 Å². The van der Waals surface area contributed by atoms with E-state index in [1.165, 1.54) is 16.0 Å². The lowest BCUT2D eigenvalue weighted by molar-refractivity contribution is -0.155. The number of benzene rings is 3. The van der Waals surface area contributed by atoms with Gasteiger partial charge in [-0.25, -0.2) is 0 Å². The maximum Gasteiger partial charge on any atom is 0.316 e. The summed E-state index contributed by atoms with van der Waals surface area (Å²) in [5, 5.41) is 0. The Morgan fingerprint density at radius 2 is 1.42 bits per heavy atom. The number of rotatable bonds is 13. The number of likely N-dealkylation sites (tertiary alicyclic amines) is 1. The topological polar surface area (TPSA) is 76.2 Å². The lowest BCUT2D eigenvalue weighted by Gasteiger charge is -2.34. The van der Waals surface area contributed by atoms with E-state index in [1.54, 1.807) is 52.2 Å². The monoisotopic (exact) mass is 584 g/mol. The third-order valence-corrected chi connectivity index (χ3v) is 8.21. The number of hydrogen-bond donors (Lipinski definition) is 0. The quantitative estimate of drug-likeness (QED) is 0.186. The summed E-state index contributed by atoms with van der Waals surface area (Å²) in [5.41, 5.74) is 2.77. The fourth-order valence-electron chi connectivity index (χ4n) is 5.30. The van der Waals surface area contributed by atoms with E-state index in [1.807, 2.05) is 12.1 Å². The molecule has 0 bridgehead atoms. The lowest BCUT2D eigenvalue weighted by Crippen LogP contribution is -2.38. The van der Waals surface area contributed by atoms with Gasteiger partial charge < -0.3 is 19.3 Å². The summed E-state index contributed by atoms with van der Waals surface area (Å²) in [5.74, 6) is -0.663. The number of nitrogens with zero attached hydrogens (tertiary/aromatic N) is 2. The Labute approximate surface area is 255 Å². The summed E-state index contributed by atoms with van der Waals surface area (Å²) in [6, 6.07) is 27.9. The van der Waals surface area contributed by atoms with Crippen LogP contribution in [0.4, 0.5) is 0 Å². The molecule has 0 atom stereocenters. The molecule has 1 aliphatic rings. The molecule has 1 fully saturated rings. The van der Waals surface area contributed by atoms with E-state index in [0.29, 0.717) is 12.0 Å². The minimum absolute atomic E-state index is 0.0774. The van der Waals surface area contributed by atoms with Gasteiger partial charge in [-0.15, -0.1) is 0 Å². The van der Waals surface area contributed by atoms with E-state index in [4.69, 9.17) is 9.47 Å². The average Bonchev–Trinajstić information content (AvgIpc) is 3.03. The van der Waals surface area contributed by atoms with Crippen LogP contribution in [-0.2, 0) is 24.5 Å². The van der Waals surface area contributed by atoms with Crippen molar-refractivity contribution in [2.24, 2.45) is 0 Å². The zero-order valence-electron chi connectivity index (χ0n) is 25.8. The SMILES string of the molecule is CN(C)C(=O)COC(=O)C(C)(C)c1ccc(C(=O)CCCN2CCC(OC(c3ccccc3)c3ccccc3)CC2)cc1. The fraction of sp³-hybridized carbons (Fsp3) is 0.417. The van der Waals surface area contributed by atoms with Gasteiger partial charge in [0.05, 0.1) is 11.5 Å². The smallest absolute Gasteiger partial charge is 0.316 e.